The number of fused-ring (bicyclic) bond motifs is 4. The molecule has 2 aromatic carbocycles. The Balaban J connectivity index is 2.14. The van der Waals surface area contributed by atoms with Crippen LogP contribution in [0, 0.1) is 0 Å². The first-order valence-electron chi connectivity index (χ1n) is 8.39. The number of aromatic nitrogens is 1. The van der Waals surface area contributed by atoms with Gasteiger partial charge in [-0.3, -0.25) is 0 Å². The summed E-state index contributed by atoms with van der Waals surface area (Å²) >= 11 is 0. The molecule has 6 nitrogen and oxygen atoms in total. The lowest BCUT2D eigenvalue weighted by atomic mass is 10.0. The standard InChI is InChI=1S/C21H19NO5/c1-24-17-6-5-12-9-16-14-10-18(25-2)21(27-4)20(26-3)13(14)7-8-22(16)11-15(12)19(17)23/h5-11H,1-4H3/p+1. The van der Waals surface area contributed by atoms with Crippen molar-refractivity contribution in [2.45, 2.75) is 0 Å². The lowest BCUT2D eigenvalue weighted by Crippen LogP contribution is -2.20. The summed E-state index contributed by atoms with van der Waals surface area (Å²) in [7, 11) is 6.33. The molecule has 138 valence electrons. The maximum atomic E-state index is 10.5. The van der Waals surface area contributed by atoms with Crippen LogP contribution in [-0.4, -0.2) is 33.5 Å². The summed E-state index contributed by atoms with van der Waals surface area (Å²) in [5, 5.41) is 13.9. The largest absolute Gasteiger partial charge is 0.504 e. The second-order valence-corrected chi connectivity index (χ2v) is 6.11. The van der Waals surface area contributed by atoms with Crippen molar-refractivity contribution < 1.29 is 28.5 Å². The molecule has 2 aromatic heterocycles. The van der Waals surface area contributed by atoms with Gasteiger partial charge in [-0.25, -0.2) is 0 Å². The van der Waals surface area contributed by atoms with Crippen LogP contribution in [0.25, 0.3) is 27.1 Å². The zero-order chi connectivity index (χ0) is 19.1. The first kappa shape index (κ1) is 17.0. The first-order valence-corrected chi connectivity index (χ1v) is 8.39. The maximum absolute atomic E-state index is 10.5. The summed E-state index contributed by atoms with van der Waals surface area (Å²) in [6, 6.07) is 9.57. The van der Waals surface area contributed by atoms with E-state index in [1.54, 1.807) is 27.4 Å². The number of rotatable bonds is 4. The molecule has 0 amide bonds. The molecular formula is C21H20NO5+. The highest BCUT2D eigenvalue weighted by Crippen LogP contribution is 2.44. The number of hydrogen-bond donors (Lipinski definition) is 1. The molecule has 0 atom stereocenters. The molecule has 0 aliphatic heterocycles. The van der Waals surface area contributed by atoms with Crippen LogP contribution in [0.5, 0.6) is 28.7 Å². The Morgan fingerprint density at radius 2 is 1.48 bits per heavy atom. The molecule has 2 heterocycles. The predicted molar refractivity (Wildman–Crippen MR) is 102 cm³/mol. The highest BCUT2D eigenvalue weighted by atomic mass is 16.5. The van der Waals surface area contributed by atoms with Crippen molar-refractivity contribution >= 4 is 27.1 Å². The van der Waals surface area contributed by atoms with Gasteiger partial charge in [-0.05, 0) is 23.6 Å². The number of pyridine rings is 2. The molecule has 0 fully saturated rings. The highest BCUT2D eigenvalue weighted by Gasteiger charge is 2.21. The van der Waals surface area contributed by atoms with Crippen molar-refractivity contribution in [3.05, 3.63) is 42.7 Å². The number of ether oxygens (including phenoxy) is 4. The van der Waals surface area contributed by atoms with Gasteiger partial charge in [0.15, 0.2) is 35.4 Å². The Morgan fingerprint density at radius 3 is 2.15 bits per heavy atom. The quantitative estimate of drug-likeness (QED) is 0.340. The number of methoxy groups -OCH3 is 4. The summed E-state index contributed by atoms with van der Waals surface area (Å²) in [4.78, 5) is 0. The topological polar surface area (TPSA) is 61.3 Å². The van der Waals surface area contributed by atoms with Crippen molar-refractivity contribution in [3.8, 4) is 28.7 Å². The Kier molecular flexibility index (Phi) is 4.03. The fourth-order valence-corrected chi connectivity index (χ4v) is 3.51. The number of aromatic hydroxyl groups is 1. The SMILES string of the molecule is COc1cc2c(cc[n+]3cc4c(O)c(OC)ccc4cc23)c(OC)c1OC. The molecular weight excluding hydrogens is 346 g/mol. The molecule has 0 bridgehead atoms. The molecule has 0 spiro atoms. The van der Waals surface area contributed by atoms with Crippen molar-refractivity contribution in [2.24, 2.45) is 0 Å². The number of benzene rings is 2. The van der Waals surface area contributed by atoms with Crippen molar-refractivity contribution in [2.75, 3.05) is 28.4 Å². The van der Waals surface area contributed by atoms with Gasteiger partial charge >= 0.3 is 0 Å². The fraction of sp³-hybridized carbons (Fsp3) is 0.190. The third-order valence-electron chi connectivity index (χ3n) is 4.82. The lowest BCUT2D eigenvalue weighted by Gasteiger charge is -2.14. The third-order valence-corrected chi connectivity index (χ3v) is 4.82. The summed E-state index contributed by atoms with van der Waals surface area (Å²) < 4.78 is 23.8. The second-order valence-electron chi connectivity index (χ2n) is 6.11. The molecule has 0 aliphatic carbocycles. The predicted octanol–water partition coefficient (Wildman–Crippen LogP) is 3.47. The molecule has 4 rings (SSSR count). The average molecular weight is 366 g/mol. The minimum Gasteiger partial charge on any atom is -0.504 e. The summed E-state index contributed by atoms with van der Waals surface area (Å²) in [6.45, 7) is 0. The van der Waals surface area contributed by atoms with Gasteiger partial charge in [0.25, 0.3) is 0 Å². The van der Waals surface area contributed by atoms with E-state index in [-0.39, 0.29) is 5.75 Å². The van der Waals surface area contributed by atoms with Crippen LogP contribution in [0.2, 0.25) is 0 Å². The van der Waals surface area contributed by atoms with Crippen molar-refractivity contribution in [1.82, 2.24) is 0 Å². The van der Waals surface area contributed by atoms with Gasteiger partial charge in [0.2, 0.25) is 11.3 Å². The van der Waals surface area contributed by atoms with Crippen LogP contribution in [0.3, 0.4) is 0 Å². The lowest BCUT2D eigenvalue weighted by molar-refractivity contribution is -0.509. The van der Waals surface area contributed by atoms with Crippen molar-refractivity contribution in [1.29, 1.82) is 0 Å². The van der Waals surface area contributed by atoms with Gasteiger partial charge in [-0.15, -0.1) is 0 Å². The van der Waals surface area contributed by atoms with Gasteiger partial charge in [0, 0.05) is 17.5 Å². The Labute approximate surface area is 156 Å². The smallest absolute Gasteiger partial charge is 0.219 e. The number of hydrogen-bond acceptors (Lipinski definition) is 5. The third kappa shape index (κ3) is 2.44. The van der Waals surface area contributed by atoms with Gasteiger partial charge in [-0.1, -0.05) is 0 Å². The number of nitrogens with zero attached hydrogens (tertiary/aromatic N) is 1. The minimum absolute atomic E-state index is 0.120. The van der Waals surface area contributed by atoms with E-state index < -0.39 is 0 Å². The molecule has 1 N–H and O–H groups in total. The normalized spacial score (nSPS) is 11.1. The van der Waals surface area contributed by atoms with E-state index in [4.69, 9.17) is 18.9 Å². The van der Waals surface area contributed by atoms with E-state index in [9.17, 15) is 5.11 Å². The molecule has 0 unspecified atom stereocenters. The maximum Gasteiger partial charge on any atom is 0.219 e. The first-order chi connectivity index (χ1) is 13.1. The fourth-order valence-electron chi connectivity index (χ4n) is 3.51. The molecule has 4 aromatic rings. The van der Waals surface area contributed by atoms with E-state index in [2.05, 4.69) is 0 Å². The van der Waals surface area contributed by atoms with E-state index in [1.165, 1.54) is 7.11 Å². The summed E-state index contributed by atoms with van der Waals surface area (Å²) in [5.74, 6) is 2.32. The van der Waals surface area contributed by atoms with E-state index in [0.717, 1.165) is 21.7 Å². The Hall–Kier alpha value is -3.41. The van der Waals surface area contributed by atoms with Gasteiger partial charge in [0.1, 0.15) is 0 Å². The second kappa shape index (κ2) is 6.39. The van der Waals surface area contributed by atoms with Gasteiger partial charge in [-0.2, -0.15) is 4.40 Å². The Bertz CT molecular complexity index is 1190. The molecule has 0 saturated carbocycles. The monoisotopic (exact) mass is 366 g/mol. The van der Waals surface area contributed by atoms with Crippen molar-refractivity contribution in [3.63, 3.8) is 0 Å². The molecule has 0 radical (unpaired) electrons. The zero-order valence-corrected chi connectivity index (χ0v) is 15.6. The van der Waals surface area contributed by atoms with Crippen LogP contribution in [0.15, 0.2) is 42.7 Å². The molecule has 0 saturated heterocycles. The van der Waals surface area contributed by atoms with E-state index in [1.807, 2.05) is 41.1 Å². The van der Waals surface area contributed by atoms with Crippen LogP contribution >= 0.6 is 0 Å². The van der Waals surface area contributed by atoms with Crippen LogP contribution in [0.4, 0.5) is 0 Å². The molecule has 0 aliphatic rings. The minimum atomic E-state index is 0.120. The van der Waals surface area contributed by atoms with E-state index in [0.29, 0.717) is 28.4 Å². The van der Waals surface area contributed by atoms with Gasteiger partial charge < -0.3 is 24.1 Å². The highest BCUT2D eigenvalue weighted by molar-refractivity contribution is 6.03. The zero-order valence-electron chi connectivity index (χ0n) is 15.6. The van der Waals surface area contributed by atoms with Crippen LogP contribution in [-0.2, 0) is 0 Å². The molecule has 27 heavy (non-hydrogen) atoms. The molecule has 6 heteroatoms. The van der Waals surface area contributed by atoms with E-state index >= 15 is 0 Å². The number of phenolic OH excluding ortho intramolecular Hbond substituents is 1. The number of phenols is 1. The van der Waals surface area contributed by atoms with Crippen LogP contribution in [0.1, 0.15) is 0 Å². The summed E-state index contributed by atoms with van der Waals surface area (Å²) in [5.41, 5.74) is 0.948. The van der Waals surface area contributed by atoms with Gasteiger partial charge in [0.05, 0.1) is 39.2 Å². The van der Waals surface area contributed by atoms with Crippen LogP contribution < -0.4 is 23.3 Å². The average Bonchev–Trinajstić information content (AvgIpc) is 2.71. The summed E-state index contributed by atoms with van der Waals surface area (Å²) in [6.07, 6.45) is 3.80. The Morgan fingerprint density at radius 1 is 0.741 bits per heavy atom.